The topological polar surface area (TPSA) is 94.2 Å². The minimum absolute atomic E-state index is 0.0929. The van der Waals surface area contributed by atoms with Gasteiger partial charge in [0, 0.05) is 11.3 Å². The molecule has 0 saturated carbocycles. The lowest BCUT2D eigenvalue weighted by Crippen LogP contribution is -2.68. The normalized spacial score (nSPS) is 19.9. The van der Waals surface area contributed by atoms with Crippen LogP contribution in [0.1, 0.15) is 31.1 Å². The van der Waals surface area contributed by atoms with Gasteiger partial charge in [-0.1, -0.05) is 65.8 Å². The minimum atomic E-state index is -0.625. The number of hydrogen-bond acceptors (Lipinski definition) is 7. The van der Waals surface area contributed by atoms with Gasteiger partial charge in [-0.25, -0.2) is 4.79 Å². The second-order valence-corrected chi connectivity index (χ2v) is 8.91. The third-order valence-corrected chi connectivity index (χ3v) is 6.56. The van der Waals surface area contributed by atoms with Gasteiger partial charge in [-0.2, -0.15) is 0 Å². The van der Waals surface area contributed by atoms with E-state index in [0.29, 0.717) is 11.3 Å². The van der Waals surface area contributed by atoms with Crippen molar-refractivity contribution in [2.75, 3.05) is 12.4 Å². The van der Waals surface area contributed by atoms with Crippen molar-refractivity contribution in [2.24, 2.45) is 10.9 Å². The molecule has 0 spiro atoms. The summed E-state index contributed by atoms with van der Waals surface area (Å²) in [5, 5.41) is 3.68. The van der Waals surface area contributed by atoms with Crippen LogP contribution in [-0.2, 0) is 19.2 Å². The number of fused-ring (bicyclic) bond motifs is 1. The Hall–Kier alpha value is -3.10. The SMILES string of the molecule is CC(C)=NOCC1=C(C(=O)OC(c2ccccc2)c2ccccc2)N2C(=O)C(N)[C@H]2SC1. The zero-order valence-electron chi connectivity index (χ0n) is 17.9. The number of benzene rings is 2. The molecule has 2 N–H and O–H groups in total. The summed E-state index contributed by atoms with van der Waals surface area (Å²) in [5.41, 5.74) is 9.26. The van der Waals surface area contributed by atoms with Crippen molar-refractivity contribution in [1.82, 2.24) is 4.90 Å². The lowest BCUT2D eigenvalue weighted by molar-refractivity contribution is -0.153. The highest BCUT2D eigenvalue weighted by molar-refractivity contribution is 8.00. The molecule has 2 atom stereocenters. The maximum atomic E-state index is 13.5. The van der Waals surface area contributed by atoms with Crippen LogP contribution in [0.15, 0.2) is 77.1 Å². The Balaban J connectivity index is 1.67. The fourth-order valence-electron chi connectivity index (χ4n) is 3.67. The average molecular weight is 452 g/mol. The van der Waals surface area contributed by atoms with E-state index < -0.39 is 18.1 Å². The molecule has 1 fully saturated rings. The van der Waals surface area contributed by atoms with E-state index in [1.807, 2.05) is 74.5 Å². The molecule has 1 unspecified atom stereocenters. The Labute approximate surface area is 191 Å². The van der Waals surface area contributed by atoms with Gasteiger partial charge in [-0.05, 0) is 25.0 Å². The summed E-state index contributed by atoms with van der Waals surface area (Å²) in [7, 11) is 0. The summed E-state index contributed by atoms with van der Waals surface area (Å²) in [4.78, 5) is 32.9. The highest BCUT2D eigenvalue weighted by Gasteiger charge is 2.52. The first kappa shape index (κ1) is 22.1. The third kappa shape index (κ3) is 4.42. The van der Waals surface area contributed by atoms with Crippen molar-refractivity contribution in [3.8, 4) is 0 Å². The number of thioether (sulfide) groups is 1. The third-order valence-electron chi connectivity index (χ3n) is 5.20. The summed E-state index contributed by atoms with van der Waals surface area (Å²) in [6.07, 6.45) is -0.617. The molecule has 0 radical (unpaired) electrons. The molecule has 1 amide bonds. The van der Waals surface area contributed by atoms with E-state index in [4.69, 9.17) is 15.3 Å². The van der Waals surface area contributed by atoms with Crippen molar-refractivity contribution in [1.29, 1.82) is 0 Å². The zero-order valence-corrected chi connectivity index (χ0v) is 18.7. The monoisotopic (exact) mass is 451 g/mol. The van der Waals surface area contributed by atoms with Crippen LogP contribution in [0.25, 0.3) is 0 Å². The van der Waals surface area contributed by atoms with Gasteiger partial charge in [-0.3, -0.25) is 9.69 Å². The van der Waals surface area contributed by atoms with E-state index in [-0.39, 0.29) is 23.6 Å². The van der Waals surface area contributed by atoms with Gasteiger partial charge in [0.25, 0.3) is 0 Å². The Morgan fingerprint density at radius 1 is 1.12 bits per heavy atom. The van der Waals surface area contributed by atoms with Crippen LogP contribution in [0.2, 0.25) is 0 Å². The molecule has 4 rings (SSSR count). The highest BCUT2D eigenvalue weighted by Crippen LogP contribution is 2.40. The van der Waals surface area contributed by atoms with Gasteiger partial charge in [0.05, 0.1) is 5.71 Å². The van der Waals surface area contributed by atoms with E-state index in [1.165, 1.54) is 16.7 Å². The van der Waals surface area contributed by atoms with Crippen LogP contribution in [0, 0.1) is 0 Å². The van der Waals surface area contributed by atoms with Crippen LogP contribution in [0.3, 0.4) is 0 Å². The lowest BCUT2D eigenvalue weighted by Gasteiger charge is -2.48. The predicted octanol–water partition coefficient (Wildman–Crippen LogP) is 3.23. The zero-order chi connectivity index (χ0) is 22.7. The molecular weight excluding hydrogens is 426 g/mol. The molecule has 8 heteroatoms. The van der Waals surface area contributed by atoms with Gasteiger partial charge in [0.1, 0.15) is 23.7 Å². The number of carbonyl (C=O) groups is 2. The fourth-order valence-corrected chi connectivity index (χ4v) is 4.94. The van der Waals surface area contributed by atoms with Crippen LogP contribution < -0.4 is 5.73 Å². The van der Waals surface area contributed by atoms with Gasteiger partial charge < -0.3 is 15.3 Å². The van der Waals surface area contributed by atoms with Crippen LogP contribution in [-0.4, -0.2) is 46.3 Å². The molecule has 2 aliphatic heterocycles. The Morgan fingerprint density at radius 3 is 2.28 bits per heavy atom. The average Bonchev–Trinajstić information content (AvgIpc) is 2.82. The minimum Gasteiger partial charge on any atom is -0.448 e. The van der Waals surface area contributed by atoms with E-state index in [1.54, 1.807) is 0 Å². The van der Waals surface area contributed by atoms with E-state index >= 15 is 0 Å². The number of carbonyl (C=O) groups excluding carboxylic acids is 2. The molecular formula is C24H25N3O4S. The number of rotatable bonds is 7. The molecule has 32 heavy (non-hydrogen) atoms. The molecule has 2 heterocycles. The van der Waals surface area contributed by atoms with Crippen molar-refractivity contribution >= 4 is 29.4 Å². The first-order valence-corrected chi connectivity index (χ1v) is 11.4. The summed E-state index contributed by atoms with van der Waals surface area (Å²) in [6.45, 7) is 3.73. The number of ether oxygens (including phenoxy) is 1. The quantitative estimate of drug-likeness (QED) is 0.301. The smallest absolute Gasteiger partial charge is 0.356 e. The molecule has 166 valence electrons. The van der Waals surface area contributed by atoms with Gasteiger partial charge in [0.15, 0.2) is 6.10 Å². The second kappa shape index (κ2) is 9.58. The fraction of sp³-hybridized carbons (Fsp3) is 0.292. The van der Waals surface area contributed by atoms with Gasteiger partial charge in [-0.15, -0.1) is 11.8 Å². The van der Waals surface area contributed by atoms with Gasteiger partial charge in [0.2, 0.25) is 5.91 Å². The predicted molar refractivity (Wildman–Crippen MR) is 124 cm³/mol. The molecule has 0 bridgehead atoms. The molecule has 2 aliphatic rings. The van der Waals surface area contributed by atoms with Crippen molar-refractivity contribution in [2.45, 2.75) is 31.4 Å². The number of hydrogen-bond donors (Lipinski definition) is 1. The summed E-state index contributed by atoms with van der Waals surface area (Å²) >= 11 is 1.51. The second-order valence-electron chi connectivity index (χ2n) is 7.81. The molecule has 0 aromatic heterocycles. The maximum absolute atomic E-state index is 13.5. The van der Waals surface area contributed by atoms with Crippen molar-refractivity contribution in [3.05, 3.63) is 83.1 Å². The molecule has 7 nitrogen and oxygen atoms in total. The van der Waals surface area contributed by atoms with Crippen LogP contribution in [0.4, 0.5) is 0 Å². The number of amides is 1. The van der Waals surface area contributed by atoms with E-state index in [2.05, 4.69) is 5.16 Å². The molecule has 1 saturated heterocycles. The molecule has 2 aromatic rings. The number of β-lactam (4-membered cyclic amide) rings is 1. The number of nitrogens with zero attached hydrogens (tertiary/aromatic N) is 2. The number of esters is 1. The lowest BCUT2D eigenvalue weighted by atomic mass is 10.0. The summed E-state index contributed by atoms with van der Waals surface area (Å²) in [6, 6.07) is 18.4. The van der Waals surface area contributed by atoms with Crippen LogP contribution in [0.5, 0.6) is 0 Å². The molecule has 0 aliphatic carbocycles. The van der Waals surface area contributed by atoms with Crippen molar-refractivity contribution in [3.63, 3.8) is 0 Å². The number of nitrogens with two attached hydrogens (primary N) is 1. The first-order chi connectivity index (χ1) is 15.5. The summed E-state index contributed by atoms with van der Waals surface area (Å²) < 4.78 is 6.02. The number of oxime groups is 1. The van der Waals surface area contributed by atoms with Gasteiger partial charge >= 0.3 is 5.97 Å². The standard InChI is InChI=1S/C24H25N3O4S/c1-15(2)26-30-13-18-14-32-23-19(25)22(28)27(23)20(18)24(29)31-21(16-9-5-3-6-10-16)17-11-7-4-8-12-17/h3-12,19,21,23H,13-14,25H2,1-2H3/t19?,23-/m1/s1. The van der Waals surface area contributed by atoms with E-state index in [0.717, 1.165) is 16.8 Å². The molecule has 2 aromatic carbocycles. The Morgan fingerprint density at radius 2 is 1.72 bits per heavy atom. The van der Waals surface area contributed by atoms with E-state index in [9.17, 15) is 9.59 Å². The first-order valence-electron chi connectivity index (χ1n) is 10.3. The Bertz CT molecular complexity index is 1010. The summed E-state index contributed by atoms with van der Waals surface area (Å²) in [5.74, 6) is -0.367. The highest BCUT2D eigenvalue weighted by atomic mass is 32.2. The maximum Gasteiger partial charge on any atom is 0.356 e. The van der Waals surface area contributed by atoms with Crippen LogP contribution >= 0.6 is 11.8 Å². The van der Waals surface area contributed by atoms with Crippen molar-refractivity contribution < 1.29 is 19.2 Å². The Kier molecular flexibility index (Phi) is 6.62. The largest absolute Gasteiger partial charge is 0.448 e.